The van der Waals surface area contributed by atoms with E-state index >= 15 is 0 Å². The number of benzene rings is 1. The normalized spacial score (nSPS) is 12.5. The average Bonchev–Trinajstić information content (AvgIpc) is 2.75. The Hall–Kier alpha value is -2.12. The van der Waals surface area contributed by atoms with Gasteiger partial charge < -0.3 is 4.74 Å². The van der Waals surface area contributed by atoms with Crippen LogP contribution in [0, 0.1) is 0 Å². The van der Waals surface area contributed by atoms with Gasteiger partial charge in [0.05, 0.1) is 5.69 Å². The van der Waals surface area contributed by atoms with Crippen molar-refractivity contribution >= 4 is 0 Å². The number of alkyl halides is 3. The molecule has 20 heavy (non-hydrogen) atoms. The number of halogens is 3. The number of ether oxygens (including phenoxy) is 1. The standard InChI is InChI=1S/C12H13F3N4O/c1-11(2,3)20-9-6-4-5-8(7-9)19-10(12(13,14)15)16-17-18-19/h4-7H,1-3H3. The van der Waals surface area contributed by atoms with E-state index in [-0.39, 0.29) is 5.69 Å². The lowest BCUT2D eigenvalue weighted by Gasteiger charge is -2.21. The summed E-state index contributed by atoms with van der Waals surface area (Å²) in [5, 5.41) is 9.45. The molecule has 1 heterocycles. The van der Waals surface area contributed by atoms with Crippen LogP contribution in [-0.2, 0) is 6.18 Å². The molecule has 108 valence electrons. The predicted molar refractivity (Wildman–Crippen MR) is 64.5 cm³/mol. The van der Waals surface area contributed by atoms with Crippen LogP contribution in [0.15, 0.2) is 24.3 Å². The van der Waals surface area contributed by atoms with Gasteiger partial charge in [-0.2, -0.15) is 17.9 Å². The van der Waals surface area contributed by atoms with Crippen LogP contribution in [0.4, 0.5) is 13.2 Å². The van der Waals surface area contributed by atoms with E-state index < -0.39 is 17.6 Å². The Morgan fingerprint density at radius 2 is 1.85 bits per heavy atom. The van der Waals surface area contributed by atoms with Crippen molar-refractivity contribution in [1.29, 1.82) is 0 Å². The van der Waals surface area contributed by atoms with Gasteiger partial charge in [-0.25, -0.2) is 0 Å². The van der Waals surface area contributed by atoms with Crippen LogP contribution in [-0.4, -0.2) is 25.8 Å². The van der Waals surface area contributed by atoms with Crippen molar-refractivity contribution in [3.63, 3.8) is 0 Å². The van der Waals surface area contributed by atoms with Gasteiger partial charge in [-0.15, -0.1) is 5.10 Å². The highest BCUT2D eigenvalue weighted by Crippen LogP contribution is 2.29. The summed E-state index contributed by atoms with van der Waals surface area (Å²) in [5.74, 6) is -0.732. The Kier molecular flexibility index (Phi) is 3.41. The van der Waals surface area contributed by atoms with Crippen molar-refractivity contribution < 1.29 is 17.9 Å². The first kappa shape index (κ1) is 14.3. The molecule has 5 nitrogen and oxygen atoms in total. The first-order valence-corrected chi connectivity index (χ1v) is 5.82. The quantitative estimate of drug-likeness (QED) is 0.851. The van der Waals surface area contributed by atoms with Gasteiger partial charge in [-0.3, -0.25) is 0 Å². The fraction of sp³-hybridized carbons (Fsp3) is 0.417. The van der Waals surface area contributed by atoms with Gasteiger partial charge in [-0.05, 0) is 43.3 Å². The third kappa shape index (κ3) is 3.25. The summed E-state index contributed by atoms with van der Waals surface area (Å²) in [6.07, 6.45) is -4.62. The number of aromatic nitrogens is 4. The van der Waals surface area contributed by atoms with E-state index in [2.05, 4.69) is 15.5 Å². The monoisotopic (exact) mass is 286 g/mol. The summed E-state index contributed by atoms with van der Waals surface area (Å²) >= 11 is 0. The molecule has 0 spiro atoms. The second kappa shape index (κ2) is 4.77. The summed E-state index contributed by atoms with van der Waals surface area (Å²) in [4.78, 5) is 0. The molecule has 1 aromatic carbocycles. The van der Waals surface area contributed by atoms with Crippen molar-refractivity contribution in [3.8, 4) is 11.4 Å². The Balaban J connectivity index is 2.40. The Morgan fingerprint density at radius 1 is 1.15 bits per heavy atom. The molecular weight excluding hydrogens is 273 g/mol. The van der Waals surface area contributed by atoms with Crippen molar-refractivity contribution in [2.45, 2.75) is 32.5 Å². The number of hydrogen-bond acceptors (Lipinski definition) is 4. The summed E-state index contributed by atoms with van der Waals surface area (Å²) in [7, 11) is 0. The fourth-order valence-corrected chi connectivity index (χ4v) is 1.57. The second-order valence-electron chi connectivity index (χ2n) is 5.12. The molecule has 0 aliphatic rings. The highest BCUT2D eigenvalue weighted by atomic mass is 19.4. The van der Waals surface area contributed by atoms with Gasteiger partial charge in [0.1, 0.15) is 11.4 Å². The second-order valence-corrected chi connectivity index (χ2v) is 5.12. The Bertz CT molecular complexity index is 601. The van der Waals surface area contributed by atoms with Crippen LogP contribution in [0.2, 0.25) is 0 Å². The third-order valence-corrected chi connectivity index (χ3v) is 2.21. The van der Waals surface area contributed by atoms with Crippen molar-refractivity contribution in [1.82, 2.24) is 20.2 Å². The molecule has 0 unspecified atom stereocenters. The van der Waals surface area contributed by atoms with Crippen LogP contribution < -0.4 is 4.74 Å². The molecule has 0 aliphatic carbocycles. The molecule has 8 heteroatoms. The lowest BCUT2D eigenvalue weighted by atomic mass is 10.2. The van der Waals surface area contributed by atoms with Crippen molar-refractivity contribution in [2.24, 2.45) is 0 Å². The van der Waals surface area contributed by atoms with Crippen LogP contribution in [0.25, 0.3) is 5.69 Å². The molecule has 0 atom stereocenters. The number of nitrogens with zero attached hydrogens (tertiary/aromatic N) is 4. The molecule has 0 N–H and O–H groups in total. The molecule has 2 aromatic rings. The van der Waals surface area contributed by atoms with Crippen LogP contribution in [0.3, 0.4) is 0 Å². The molecule has 0 saturated heterocycles. The Labute approximate surface area is 113 Å². The summed E-state index contributed by atoms with van der Waals surface area (Å²) < 4.78 is 44.5. The van der Waals surface area contributed by atoms with E-state index in [1.54, 1.807) is 12.1 Å². The first-order chi connectivity index (χ1) is 9.17. The molecule has 0 radical (unpaired) electrons. The highest BCUT2D eigenvalue weighted by molar-refractivity contribution is 5.39. The molecule has 0 saturated carbocycles. The topological polar surface area (TPSA) is 52.8 Å². The maximum atomic E-state index is 12.7. The largest absolute Gasteiger partial charge is 0.488 e. The van der Waals surface area contributed by atoms with Gasteiger partial charge in [0.2, 0.25) is 0 Å². The van der Waals surface area contributed by atoms with Crippen LogP contribution in [0.5, 0.6) is 5.75 Å². The lowest BCUT2D eigenvalue weighted by molar-refractivity contribution is -0.146. The lowest BCUT2D eigenvalue weighted by Crippen LogP contribution is -2.23. The zero-order valence-corrected chi connectivity index (χ0v) is 11.1. The van der Waals surface area contributed by atoms with Crippen LogP contribution >= 0.6 is 0 Å². The minimum atomic E-state index is -4.62. The molecule has 0 aliphatic heterocycles. The zero-order valence-electron chi connectivity index (χ0n) is 11.1. The average molecular weight is 286 g/mol. The van der Waals surface area contributed by atoms with E-state index in [1.807, 2.05) is 20.8 Å². The van der Waals surface area contributed by atoms with E-state index in [4.69, 9.17) is 4.74 Å². The van der Waals surface area contributed by atoms with E-state index in [0.717, 1.165) is 0 Å². The fourth-order valence-electron chi connectivity index (χ4n) is 1.57. The smallest absolute Gasteiger partial charge is 0.453 e. The van der Waals surface area contributed by atoms with E-state index in [1.165, 1.54) is 12.1 Å². The minimum Gasteiger partial charge on any atom is -0.488 e. The van der Waals surface area contributed by atoms with Crippen LogP contribution in [0.1, 0.15) is 26.6 Å². The molecule has 0 bridgehead atoms. The van der Waals surface area contributed by atoms with E-state index in [9.17, 15) is 13.2 Å². The maximum Gasteiger partial charge on any atom is 0.453 e. The van der Waals surface area contributed by atoms with E-state index in [0.29, 0.717) is 10.4 Å². The van der Waals surface area contributed by atoms with Gasteiger partial charge in [0.15, 0.2) is 0 Å². The molecular formula is C12H13F3N4O. The summed E-state index contributed by atoms with van der Waals surface area (Å²) in [6, 6.07) is 6.17. The zero-order chi connectivity index (χ0) is 15.0. The van der Waals surface area contributed by atoms with Gasteiger partial charge in [-0.1, -0.05) is 6.07 Å². The number of tetrazole rings is 1. The maximum absolute atomic E-state index is 12.7. The first-order valence-electron chi connectivity index (χ1n) is 5.82. The Morgan fingerprint density at radius 3 is 2.45 bits per heavy atom. The van der Waals surface area contributed by atoms with Gasteiger partial charge in [0.25, 0.3) is 5.82 Å². The van der Waals surface area contributed by atoms with Gasteiger partial charge >= 0.3 is 6.18 Å². The summed E-state index contributed by atoms with van der Waals surface area (Å²) in [5.41, 5.74) is -0.268. The SMILES string of the molecule is CC(C)(C)Oc1cccc(-n2nnnc2C(F)(F)F)c1. The highest BCUT2D eigenvalue weighted by Gasteiger charge is 2.38. The minimum absolute atomic E-state index is 0.184. The molecule has 0 amide bonds. The van der Waals surface area contributed by atoms with Crippen molar-refractivity contribution in [3.05, 3.63) is 30.1 Å². The summed E-state index contributed by atoms with van der Waals surface area (Å²) in [6.45, 7) is 5.54. The molecule has 1 aromatic heterocycles. The van der Waals surface area contributed by atoms with Gasteiger partial charge in [0, 0.05) is 6.07 Å². The molecule has 0 fully saturated rings. The predicted octanol–water partition coefficient (Wildman–Crippen LogP) is 2.86. The third-order valence-electron chi connectivity index (χ3n) is 2.21. The number of rotatable bonds is 2. The number of hydrogen-bond donors (Lipinski definition) is 0. The molecule has 2 rings (SSSR count). The van der Waals surface area contributed by atoms with Crippen molar-refractivity contribution in [2.75, 3.05) is 0 Å².